The number of benzene rings is 6. The first kappa shape index (κ1) is 48.8. The van der Waals surface area contributed by atoms with E-state index in [4.69, 9.17) is 52.1 Å². The molecule has 0 amide bonds. The molecule has 2 aliphatic heterocycles. The molecule has 0 saturated carbocycles. The lowest BCUT2D eigenvalue weighted by Gasteiger charge is -2.47. The predicted molar refractivity (Wildman–Crippen MR) is 252 cm³/mol. The summed E-state index contributed by atoms with van der Waals surface area (Å²) in [4.78, 5) is 13.9. The summed E-state index contributed by atoms with van der Waals surface area (Å²) in [5, 5.41) is 0. The summed E-state index contributed by atoms with van der Waals surface area (Å²) in [5.74, 6) is -0.656. The quantitative estimate of drug-likeness (QED) is 0.0572. The summed E-state index contributed by atoms with van der Waals surface area (Å²) in [5.41, 5.74) is 5.63. The fourth-order valence-electron chi connectivity index (χ4n) is 8.36. The van der Waals surface area contributed by atoms with Crippen LogP contribution in [0.4, 0.5) is 0 Å². The Morgan fingerprint density at radius 2 is 0.676 bits per heavy atom. The van der Waals surface area contributed by atoms with Crippen LogP contribution < -0.4 is 0 Å². The van der Waals surface area contributed by atoms with Gasteiger partial charge in [0.25, 0.3) is 0 Å². The fraction of sp³-hybridized carbons (Fsp3) is 0.339. The molecule has 356 valence electrons. The van der Waals surface area contributed by atoms with Gasteiger partial charge in [0.2, 0.25) is 0 Å². The average Bonchev–Trinajstić information content (AvgIpc) is 3.40. The molecule has 12 heteroatoms. The minimum atomic E-state index is -1.27. The van der Waals surface area contributed by atoms with E-state index in [1.54, 1.807) is 7.11 Å². The minimum Gasteiger partial charge on any atom is -0.467 e. The molecule has 2 fully saturated rings. The van der Waals surface area contributed by atoms with E-state index in [0.717, 1.165) is 33.4 Å². The molecule has 2 saturated heterocycles. The first-order chi connectivity index (χ1) is 33.6. The largest absolute Gasteiger partial charge is 0.467 e. The van der Waals surface area contributed by atoms with E-state index in [0.29, 0.717) is 0 Å². The van der Waals surface area contributed by atoms with Crippen molar-refractivity contribution in [3.05, 3.63) is 215 Å². The summed E-state index contributed by atoms with van der Waals surface area (Å²) in [6.45, 7) is 1.19. The molecule has 0 N–H and O–H groups in total. The molecule has 0 aliphatic carbocycles. The van der Waals surface area contributed by atoms with E-state index >= 15 is 0 Å². The van der Waals surface area contributed by atoms with Crippen molar-refractivity contribution in [1.82, 2.24) is 0 Å². The van der Waals surface area contributed by atoms with Crippen molar-refractivity contribution in [2.75, 3.05) is 20.8 Å². The van der Waals surface area contributed by atoms with Crippen LogP contribution >= 0.6 is 0 Å². The topological polar surface area (TPSA) is 119 Å². The molecule has 0 bridgehead atoms. The summed E-state index contributed by atoms with van der Waals surface area (Å²) in [6, 6.07) is 59.0. The van der Waals surface area contributed by atoms with Crippen molar-refractivity contribution >= 4 is 5.97 Å². The molecular formula is C56H60O12. The lowest BCUT2D eigenvalue weighted by molar-refractivity contribution is -0.347. The first-order valence-corrected chi connectivity index (χ1v) is 23.0. The summed E-state index contributed by atoms with van der Waals surface area (Å²) < 4.78 is 72.3. The maximum atomic E-state index is 13.9. The zero-order valence-corrected chi connectivity index (χ0v) is 38.4. The van der Waals surface area contributed by atoms with E-state index in [1.165, 1.54) is 7.11 Å². The molecule has 2 heterocycles. The van der Waals surface area contributed by atoms with Gasteiger partial charge in [-0.1, -0.05) is 182 Å². The zero-order chi connectivity index (χ0) is 46.8. The smallest absolute Gasteiger partial charge is 0.337 e. The predicted octanol–water partition coefficient (Wildman–Crippen LogP) is 8.78. The van der Waals surface area contributed by atoms with E-state index in [9.17, 15) is 4.79 Å². The monoisotopic (exact) mass is 924 g/mol. The maximum Gasteiger partial charge on any atom is 0.337 e. The standard InChI is InChI=1S/C56H60O12/c1-58-54(57)51-49(62-35-42-25-13-5-14-26-42)50(63-36-43-27-15-6-16-28-43)53(65-38-45-31-19-8-20-32-45)56(68-51)66-39-46-47(60-33-40-21-9-3-10-22-40)48(61-34-41-23-11-4-12-24-41)52(55(59-2)67-46)64-37-44-29-17-7-18-30-44/h3-32,46-53,55-56H,33-39H2,1-2H3/t46-,47-,48+,49-,50-,51+,52-,53-,55+,56+/m1/s1. The summed E-state index contributed by atoms with van der Waals surface area (Å²) >= 11 is 0. The summed E-state index contributed by atoms with van der Waals surface area (Å²) in [6.07, 6.45) is -9.19. The van der Waals surface area contributed by atoms with Gasteiger partial charge in [0.15, 0.2) is 18.7 Å². The molecule has 2 aliphatic rings. The van der Waals surface area contributed by atoms with Crippen LogP contribution in [0.3, 0.4) is 0 Å². The van der Waals surface area contributed by atoms with Gasteiger partial charge in [0, 0.05) is 7.11 Å². The molecular weight excluding hydrogens is 865 g/mol. The molecule has 0 unspecified atom stereocenters. The van der Waals surface area contributed by atoms with Gasteiger partial charge in [0.05, 0.1) is 53.4 Å². The van der Waals surface area contributed by atoms with Gasteiger partial charge in [-0.3, -0.25) is 0 Å². The van der Waals surface area contributed by atoms with Gasteiger partial charge in [-0.05, 0) is 33.4 Å². The van der Waals surface area contributed by atoms with Gasteiger partial charge in [-0.25, -0.2) is 4.79 Å². The number of carbonyl (C=O) groups is 1. The van der Waals surface area contributed by atoms with Gasteiger partial charge >= 0.3 is 5.97 Å². The van der Waals surface area contributed by atoms with E-state index in [1.807, 2.05) is 182 Å². The third-order valence-corrected chi connectivity index (χ3v) is 11.9. The number of ether oxygens (including phenoxy) is 11. The fourth-order valence-corrected chi connectivity index (χ4v) is 8.36. The number of hydrogen-bond donors (Lipinski definition) is 0. The number of methoxy groups -OCH3 is 2. The zero-order valence-electron chi connectivity index (χ0n) is 38.4. The van der Waals surface area contributed by atoms with Crippen LogP contribution in [-0.2, 0) is 96.5 Å². The molecule has 12 nitrogen and oxygen atoms in total. The van der Waals surface area contributed by atoms with Crippen molar-refractivity contribution in [1.29, 1.82) is 0 Å². The Hall–Kier alpha value is -5.61. The van der Waals surface area contributed by atoms with Crippen molar-refractivity contribution in [3.8, 4) is 0 Å². The van der Waals surface area contributed by atoms with Crippen molar-refractivity contribution in [2.24, 2.45) is 0 Å². The molecule has 0 aromatic heterocycles. The van der Waals surface area contributed by atoms with Crippen LogP contribution in [0.1, 0.15) is 33.4 Å². The van der Waals surface area contributed by atoms with Gasteiger partial charge in [-0.2, -0.15) is 0 Å². The van der Waals surface area contributed by atoms with Crippen LogP contribution in [0.5, 0.6) is 0 Å². The van der Waals surface area contributed by atoms with Gasteiger partial charge in [-0.15, -0.1) is 0 Å². The van der Waals surface area contributed by atoms with E-state index < -0.39 is 67.4 Å². The molecule has 0 radical (unpaired) electrons. The maximum absolute atomic E-state index is 13.9. The molecule has 6 aromatic carbocycles. The third-order valence-electron chi connectivity index (χ3n) is 11.9. The second kappa shape index (κ2) is 25.7. The van der Waals surface area contributed by atoms with Crippen LogP contribution in [0, 0.1) is 0 Å². The Balaban J connectivity index is 1.12. The van der Waals surface area contributed by atoms with Crippen LogP contribution in [0.25, 0.3) is 0 Å². The second-order valence-electron chi connectivity index (χ2n) is 16.6. The number of esters is 1. The van der Waals surface area contributed by atoms with Crippen LogP contribution in [0.2, 0.25) is 0 Å². The number of hydrogen-bond acceptors (Lipinski definition) is 12. The third kappa shape index (κ3) is 13.5. The van der Waals surface area contributed by atoms with E-state index in [2.05, 4.69) is 0 Å². The second-order valence-corrected chi connectivity index (χ2v) is 16.6. The highest BCUT2D eigenvalue weighted by Gasteiger charge is 2.54. The van der Waals surface area contributed by atoms with Crippen molar-refractivity contribution in [3.63, 3.8) is 0 Å². The van der Waals surface area contributed by atoms with E-state index in [-0.39, 0.29) is 46.2 Å². The highest BCUT2D eigenvalue weighted by Crippen LogP contribution is 2.35. The highest BCUT2D eigenvalue weighted by atomic mass is 16.8. The Labute approximate surface area is 398 Å². The lowest BCUT2D eigenvalue weighted by atomic mass is 9.96. The Morgan fingerprint density at radius 1 is 0.368 bits per heavy atom. The first-order valence-electron chi connectivity index (χ1n) is 23.0. The number of rotatable bonds is 23. The molecule has 10 atom stereocenters. The van der Waals surface area contributed by atoms with Crippen molar-refractivity contribution in [2.45, 2.75) is 101 Å². The molecule has 6 aromatic rings. The number of carbonyl (C=O) groups excluding carboxylic acids is 1. The molecule has 68 heavy (non-hydrogen) atoms. The Morgan fingerprint density at radius 3 is 1.03 bits per heavy atom. The SMILES string of the molecule is COC(=O)[C@H]1O[C@H](OC[C@H]2O[C@H](OC)[C@H](OCc3ccccc3)[C@@H](OCc3ccccc3)[C@@H]2OCc2ccccc2)[C@H](OCc2ccccc2)[C@H](OCc2ccccc2)[C@H]1OCc1ccccc1. The Kier molecular flexibility index (Phi) is 18.4. The normalized spacial score (nSPS) is 24.9. The summed E-state index contributed by atoms with van der Waals surface area (Å²) in [7, 11) is 2.89. The minimum absolute atomic E-state index is 0.110. The average molecular weight is 925 g/mol. The molecule has 8 rings (SSSR count). The Bertz CT molecular complexity index is 2330. The van der Waals surface area contributed by atoms with Crippen LogP contribution in [0.15, 0.2) is 182 Å². The van der Waals surface area contributed by atoms with Crippen LogP contribution in [-0.4, -0.2) is 88.2 Å². The highest BCUT2D eigenvalue weighted by molar-refractivity contribution is 5.75. The van der Waals surface area contributed by atoms with Gasteiger partial charge in [0.1, 0.15) is 42.7 Å². The molecule has 0 spiro atoms. The van der Waals surface area contributed by atoms with Gasteiger partial charge < -0.3 is 52.1 Å². The van der Waals surface area contributed by atoms with Crippen molar-refractivity contribution < 1.29 is 56.9 Å². The lowest BCUT2D eigenvalue weighted by Crippen LogP contribution is -2.64.